The van der Waals surface area contributed by atoms with Crippen molar-refractivity contribution in [3.63, 3.8) is 0 Å². The summed E-state index contributed by atoms with van der Waals surface area (Å²) in [6.45, 7) is 4.93. The van der Waals surface area contributed by atoms with Crippen LogP contribution in [0.1, 0.15) is 110 Å². The Balaban J connectivity index is 1.93. The van der Waals surface area contributed by atoms with Crippen molar-refractivity contribution in [2.75, 3.05) is 13.2 Å². The van der Waals surface area contributed by atoms with Crippen molar-refractivity contribution >= 4 is 5.97 Å². The van der Waals surface area contributed by atoms with Crippen LogP contribution < -0.4 is 4.74 Å². The van der Waals surface area contributed by atoms with Crippen molar-refractivity contribution in [1.82, 2.24) is 0 Å². The van der Waals surface area contributed by atoms with Crippen LogP contribution >= 0.6 is 0 Å². The number of hydrogen-bond donors (Lipinski definition) is 0. The summed E-state index contributed by atoms with van der Waals surface area (Å²) in [6, 6.07) is 9.22. The number of esters is 1. The van der Waals surface area contributed by atoms with E-state index in [1.165, 1.54) is 83.5 Å². The molecular formula is C27H46O4. The summed E-state index contributed by atoms with van der Waals surface area (Å²) < 4.78 is 16.3. The average molecular weight is 435 g/mol. The Labute approximate surface area is 191 Å². The predicted octanol–water partition coefficient (Wildman–Crippen LogP) is 7.84. The van der Waals surface area contributed by atoms with E-state index in [9.17, 15) is 4.79 Å². The summed E-state index contributed by atoms with van der Waals surface area (Å²) in [7, 11) is 0. The number of ether oxygens (including phenoxy) is 3. The van der Waals surface area contributed by atoms with Gasteiger partial charge in [-0.3, -0.25) is 0 Å². The van der Waals surface area contributed by atoms with Gasteiger partial charge in [0.2, 0.25) is 0 Å². The van der Waals surface area contributed by atoms with Gasteiger partial charge in [-0.2, -0.15) is 0 Å². The molecule has 178 valence electrons. The molecule has 0 amide bonds. The number of hydrogen-bond acceptors (Lipinski definition) is 4. The van der Waals surface area contributed by atoms with Crippen molar-refractivity contribution in [3.05, 3.63) is 30.3 Å². The summed E-state index contributed by atoms with van der Waals surface area (Å²) in [4.78, 5) is 12.2. The first kappa shape index (κ1) is 27.5. The number of benzene rings is 1. The molecule has 4 nitrogen and oxygen atoms in total. The molecule has 0 fully saturated rings. The van der Waals surface area contributed by atoms with Gasteiger partial charge in [-0.15, -0.1) is 0 Å². The highest BCUT2D eigenvalue weighted by Crippen LogP contribution is 2.14. The molecule has 31 heavy (non-hydrogen) atoms. The molecule has 0 heterocycles. The van der Waals surface area contributed by atoms with E-state index in [2.05, 4.69) is 6.92 Å². The maximum absolute atomic E-state index is 12.2. The molecule has 1 atom stereocenters. The molecule has 1 rings (SSSR count). The van der Waals surface area contributed by atoms with E-state index in [4.69, 9.17) is 14.2 Å². The highest BCUT2D eigenvalue weighted by atomic mass is 16.7. The van der Waals surface area contributed by atoms with Crippen LogP contribution in [0.25, 0.3) is 0 Å². The molecule has 0 spiro atoms. The molecule has 0 bridgehead atoms. The molecule has 0 aliphatic carbocycles. The van der Waals surface area contributed by atoms with Crippen molar-refractivity contribution < 1.29 is 19.0 Å². The van der Waals surface area contributed by atoms with Gasteiger partial charge >= 0.3 is 5.97 Å². The minimum atomic E-state index is -0.997. The van der Waals surface area contributed by atoms with Gasteiger partial charge in [0.15, 0.2) is 0 Å². The largest absolute Gasteiger partial charge is 0.461 e. The smallest absolute Gasteiger partial charge is 0.376 e. The lowest BCUT2D eigenvalue weighted by atomic mass is 10.0. The maximum Gasteiger partial charge on any atom is 0.376 e. The highest BCUT2D eigenvalue weighted by molar-refractivity contribution is 5.73. The molecule has 1 aromatic rings. The van der Waals surface area contributed by atoms with Gasteiger partial charge in [-0.05, 0) is 25.5 Å². The second-order valence-electron chi connectivity index (χ2n) is 8.34. The van der Waals surface area contributed by atoms with Crippen molar-refractivity contribution in [1.29, 1.82) is 0 Å². The van der Waals surface area contributed by atoms with Gasteiger partial charge < -0.3 is 14.2 Å². The summed E-state index contributed by atoms with van der Waals surface area (Å²) in [5.74, 6) is 0.154. The van der Waals surface area contributed by atoms with Gasteiger partial charge in [0, 0.05) is 6.61 Å². The van der Waals surface area contributed by atoms with Crippen LogP contribution in [0.15, 0.2) is 30.3 Å². The molecule has 4 heteroatoms. The monoisotopic (exact) mass is 434 g/mol. The normalized spacial score (nSPS) is 11.9. The summed E-state index contributed by atoms with van der Waals surface area (Å²) in [6.07, 6.45) is 18.8. The Bertz CT molecular complexity index is 517. The molecule has 0 aromatic heterocycles. The fraction of sp³-hybridized carbons (Fsp3) is 0.741. The average Bonchev–Trinajstić information content (AvgIpc) is 2.79. The number of para-hydroxylation sites is 1. The first-order chi connectivity index (χ1) is 15.3. The fourth-order valence-electron chi connectivity index (χ4n) is 3.64. The van der Waals surface area contributed by atoms with Crippen LogP contribution in [0.2, 0.25) is 0 Å². The van der Waals surface area contributed by atoms with E-state index < -0.39 is 12.3 Å². The fourth-order valence-corrected chi connectivity index (χ4v) is 3.64. The van der Waals surface area contributed by atoms with Crippen LogP contribution in [-0.2, 0) is 14.3 Å². The van der Waals surface area contributed by atoms with E-state index in [1.54, 1.807) is 12.1 Å². The lowest BCUT2D eigenvalue weighted by Gasteiger charge is -2.17. The lowest BCUT2D eigenvalue weighted by Crippen LogP contribution is -2.32. The third kappa shape index (κ3) is 15.8. The quantitative estimate of drug-likeness (QED) is 0.112. The molecule has 0 saturated carbocycles. The number of carbonyl (C=O) groups excluding carboxylic acids is 1. The van der Waals surface area contributed by atoms with Gasteiger partial charge in [0.05, 0.1) is 6.61 Å². The molecule has 0 saturated heterocycles. The Hall–Kier alpha value is -1.55. The summed E-state index contributed by atoms with van der Waals surface area (Å²) in [5, 5.41) is 0. The Morgan fingerprint density at radius 2 is 1.19 bits per heavy atom. The molecule has 0 aliphatic heterocycles. The third-order valence-corrected chi connectivity index (χ3v) is 5.49. The zero-order valence-corrected chi connectivity index (χ0v) is 20.1. The van der Waals surface area contributed by atoms with Gasteiger partial charge in [0.1, 0.15) is 5.75 Å². The van der Waals surface area contributed by atoms with Crippen LogP contribution in [0.5, 0.6) is 5.75 Å². The Kier molecular flexibility index (Phi) is 18.0. The molecule has 0 radical (unpaired) electrons. The first-order valence-electron chi connectivity index (χ1n) is 12.8. The number of carbonyl (C=O) groups is 1. The molecule has 0 N–H and O–H groups in total. The van der Waals surface area contributed by atoms with E-state index in [-0.39, 0.29) is 0 Å². The van der Waals surface area contributed by atoms with Gasteiger partial charge in [-0.25, -0.2) is 4.79 Å². The van der Waals surface area contributed by atoms with E-state index in [0.717, 1.165) is 12.8 Å². The maximum atomic E-state index is 12.2. The first-order valence-corrected chi connectivity index (χ1v) is 12.8. The minimum Gasteiger partial charge on any atom is -0.461 e. The van der Waals surface area contributed by atoms with Gasteiger partial charge in [-0.1, -0.05) is 115 Å². The van der Waals surface area contributed by atoms with Crippen molar-refractivity contribution in [3.8, 4) is 5.75 Å². The Morgan fingerprint density at radius 3 is 1.68 bits per heavy atom. The van der Waals surface area contributed by atoms with E-state index in [1.807, 2.05) is 25.1 Å². The summed E-state index contributed by atoms with van der Waals surface area (Å²) in [5.41, 5.74) is 0. The zero-order chi connectivity index (χ0) is 22.4. The van der Waals surface area contributed by atoms with E-state index >= 15 is 0 Å². The molecule has 1 unspecified atom stereocenters. The van der Waals surface area contributed by atoms with Crippen LogP contribution in [0.4, 0.5) is 0 Å². The SMILES string of the molecule is CCCCCCCCCCCCCCCCCOC(=O)C(OCC)Oc1ccccc1. The van der Waals surface area contributed by atoms with Crippen molar-refractivity contribution in [2.45, 2.75) is 116 Å². The van der Waals surface area contributed by atoms with Crippen LogP contribution in [0.3, 0.4) is 0 Å². The predicted molar refractivity (Wildman–Crippen MR) is 128 cm³/mol. The molecule has 0 aliphatic rings. The summed E-state index contributed by atoms with van der Waals surface area (Å²) >= 11 is 0. The number of unbranched alkanes of at least 4 members (excludes halogenated alkanes) is 14. The standard InChI is InChI=1S/C27H46O4/c1-3-5-6-7-8-9-10-11-12-13-14-15-16-17-21-24-30-26(28)27(29-4-2)31-25-22-19-18-20-23-25/h18-20,22-23,27H,3-17,21,24H2,1-2H3. The molecule has 1 aromatic carbocycles. The molecular weight excluding hydrogens is 388 g/mol. The number of rotatable bonds is 21. The van der Waals surface area contributed by atoms with Gasteiger partial charge in [0.25, 0.3) is 6.29 Å². The zero-order valence-electron chi connectivity index (χ0n) is 20.1. The second kappa shape index (κ2) is 20.4. The Morgan fingerprint density at radius 1 is 0.710 bits per heavy atom. The third-order valence-electron chi connectivity index (χ3n) is 5.49. The lowest BCUT2D eigenvalue weighted by molar-refractivity contribution is -0.177. The minimum absolute atomic E-state index is 0.394. The van der Waals surface area contributed by atoms with E-state index in [0.29, 0.717) is 19.0 Å². The van der Waals surface area contributed by atoms with Crippen LogP contribution in [-0.4, -0.2) is 25.5 Å². The highest BCUT2D eigenvalue weighted by Gasteiger charge is 2.22. The van der Waals surface area contributed by atoms with Crippen molar-refractivity contribution in [2.24, 2.45) is 0 Å². The van der Waals surface area contributed by atoms with Crippen LogP contribution in [0, 0.1) is 0 Å². The second-order valence-corrected chi connectivity index (χ2v) is 8.34. The topological polar surface area (TPSA) is 44.8 Å².